The Hall–Kier alpha value is -1.36. The zero-order chi connectivity index (χ0) is 10.7. The fourth-order valence-electron chi connectivity index (χ4n) is 0.882. The summed E-state index contributed by atoms with van der Waals surface area (Å²) in [6, 6.07) is 1.10. The average molecular weight is 219 g/mol. The van der Waals surface area contributed by atoms with Crippen LogP contribution in [-0.4, -0.2) is 25.2 Å². The van der Waals surface area contributed by atoms with Gasteiger partial charge in [0.15, 0.2) is 5.15 Å². The van der Waals surface area contributed by atoms with Crippen LogP contribution in [0.5, 0.6) is 0 Å². The average Bonchev–Trinajstić information content (AvgIpc) is 2.19. The summed E-state index contributed by atoms with van der Waals surface area (Å²) >= 11 is 5.66. The van der Waals surface area contributed by atoms with Crippen molar-refractivity contribution in [2.45, 2.75) is 0 Å². The first kappa shape index (κ1) is 10.7. The minimum absolute atomic E-state index is 0.0410. The molecule has 0 atom stereocenters. The van der Waals surface area contributed by atoms with E-state index in [1.807, 2.05) is 0 Å². The number of anilines is 1. The monoisotopic (exact) mass is 218 g/mol. The summed E-state index contributed by atoms with van der Waals surface area (Å²) in [5, 5.41) is 0.0410. The van der Waals surface area contributed by atoms with E-state index in [-0.39, 0.29) is 10.8 Å². The number of nitrogens with zero attached hydrogens (tertiary/aromatic N) is 2. The largest absolute Gasteiger partial charge is 0.452 e. The van der Waals surface area contributed by atoms with E-state index in [1.54, 1.807) is 0 Å². The molecule has 1 amide bonds. The molecule has 14 heavy (non-hydrogen) atoms. The quantitative estimate of drug-likeness (QED) is 0.678. The van der Waals surface area contributed by atoms with Crippen molar-refractivity contribution in [1.29, 1.82) is 0 Å². The van der Waals surface area contributed by atoms with Crippen molar-refractivity contribution < 1.29 is 13.9 Å². The maximum Gasteiger partial charge on any atom is 0.413 e. The van der Waals surface area contributed by atoms with Crippen LogP contribution in [0.2, 0.25) is 5.15 Å². The zero-order valence-corrected chi connectivity index (χ0v) is 8.38. The van der Waals surface area contributed by atoms with Gasteiger partial charge in [-0.15, -0.1) is 0 Å². The van der Waals surface area contributed by atoms with E-state index < -0.39 is 11.9 Å². The molecule has 0 bridgehead atoms. The van der Waals surface area contributed by atoms with Crippen LogP contribution in [0.4, 0.5) is 14.9 Å². The number of halogens is 2. The van der Waals surface area contributed by atoms with E-state index in [9.17, 15) is 9.18 Å². The van der Waals surface area contributed by atoms with Gasteiger partial charge in [-0.3, -0.25) is 4.90 Å². The third-order valence-corrected chi connectivity index (χ3v) is 1.89. The second kappa shape index (κ2) is 4.23. The Morgan fingerprint density at radius 3 is 2.93 bits per heavy atom. The van der Waals surface area contributed by atoms with Gasteiger partial charge in [-0.2, -0.15) is 0 Å². The van der Waals surface area contributed by atoms with Gasteiger partial charge in [0.1, 0.15) is 5.82 Å². The molecule has 6 heteroatoms. The van der Waals surface area contributed by atoms with Crippen LogP contribution in [0.15, 0.2) is 12.3 Å². The second-order valence-electron chi connectivity index (χ2n) is 2.49. The van der Waals surface area contributed by atoms with Crippen LogP contribution >= 0.6 is 11.6 Å². The number of hydrogen-bond acceptors (Lipinski definition) is 3. The van der Waals surface area contributed by atoms with Crippen LogP contribution < -0.4 is 4.90 Å². The molecule has 0 saturated heterocycles. The van der Waals surface area contributed by atoms with Crippen LogP contribution in [0.1, 0.15) is 0 Å². The molecule has 0 fully saturated rings. The third-order valence-electron chi connectivity index (χ3n) is 1.60. The number of ether oxygens (including phenoxy) is 1. The molecule has 0 aromatic carbocycles. The molecule has 0 unspecified atom stereocenters. The van der Waals surface area contributed by atoms with Gasteiger partial charge >= 0.3 is 6.09 Å². The van der Waals surface area contributed by atoms with Crippen molar-refractivity contribution in [1.82, 2.24) is 4.98 Å². The smallest absolute Gasteiger partial charge is 0.413 e. The van der Waals surface area contributed by atoms with E-state index in [0.29, 0.717) is 0 Å². The summed E-state index contributed by atoms with van der Waals surface area (Å²) in [5.41, 5.74) is 0.165. The second-order valence-corrected chi connectivity index (χ2v) is 2.85. The summed E-state index contributed by atoms with van der Waals surface area (Å²) in [5.74, 6) is -0.569. The Balaban J connectivity index is 3.05. The lowest BCUT2D eigenvalue weighted by Crippen LogP contribution is -2.26. The van der Waals surface area contributed by atoms with Crippen LogP contribution in [-0.2, 0) is 4.74 Å². The molecule has 0 aliphatic carbocycles. The predicted molar refractivity (Wildman–Crippen MR) is 50.0 cm³/mol. The maximum absolute atomic E-state index is 12.8. The van der Waals surface area contributed by atoms with Crippen molar-refractivity contribution in [2.24, 2.45) is 0 Å². The molecule has 0 aliphatic rings. The summed E-state index contributed by atoms with van der Waals surface area (Å²) in [4.78, 5) is 15.7. The number of rotatable bonds is 1. The van der Waals surface area contributed by atoms with E-state index in [4.69, 9.17) is 11.6 Å². The van der Waals surface area contributed by atoms with E-state index >= 15 is 0 Å². The third kappa shape index (κ3) is 2.11. The first-order valence-corrected chi connectivity index (χ1v) is 4.06. The fourth-order valence-corrected chi connectivity index (χ4v) is 1.11. The van der Waals surface area contributed by atoms with Crippen molar-refractivity contribution in [2.75, 3.05) is 19.1 Å². The van der Waals surface area contributed by atoms with Gasteiger partial charge < -0.3 is 4.74 Å². The van der Waals surface area contributed by atoms with E-state index in [2.05, 4.69) is 9.72 Å². The summed E-state index contributed by atoms with van der Waals surface area (Å²) in [7, 11) is 2.63. The van der Waals surface area contributed by atoms with Crippen molar-refractivity contribution in [3.8, 4) is 0 Å². The fraction of sp³-hybridized carbons (Fsp3) is 0.250. The molecule has 1 heterocycles. The lowest BCUT2D eigenvalue weighted by molar-refractivity contribution is 0.180. The van der Waals surface area contributed by atoms with Crippen molar-refractivity contribution in [3.05, 3.63) is 23.2 Å². The first-order chi connectivity index (χ1) is 6.56. The topological polar surface area (TPSA) is 42.4 Å². The van der Waals surface area contributed by atoms with Crippen LogP contribution in [0.3, 0.4) is 0 Å². The van der Waals surface area contributed by atoms with Crippen molar-refractivity contribution >= 4 is 23.4 Å². The Morgan fingerprint density at radius 2 is 2.36 bits per heavy atom. The molecule has 1 rings (SSSR count). The number of methoxy groups -OCH3 is 1. The minimum atomic E-state index is -0.640. The number of carbonyl (C=O) groups is 1. The standard InChI is InChI=1S/C8H8ClFN2O2/c1-12(8(13)14-2)6-3-5(10)4-11-7(6)9/h3-4H,1-2H3. The Bertz CT molecular complexity index is 359. The lowest BCUT2D eigenvalue weighted by atomic mass is 10.4. The van der Waals surface area contributed by atoms with E-state index in [1.165, 1.54) is 14.2 Å². The van der Waals surface area contributed by atoms with Gasteiger partial charge in [0.05, 0.1) is 19.0 Å². The molecule has 4 nitrogen and oxygen atoms in total. The molecule has 0 N–H and O–H groups in total. The van der Waals surface area contributed by atoms with Gasteiger partial charge in [0.2, 0.25) is 0 Å². The summed E-state index contributed by atoms with van der Waals surface area (Å²) in [6.45, 7) is 0. The molecule has 0 spiro atoms. The number of hydrogen-bond donors (Lipinski definition) is 0. The molecule has 0 saturated carbocycles. The zero-order valence-electron chi connectivity index (χ0n) is 7.62. The summed E-state index contributed by atoms with van der Waals surface area (Å²) in [6.07, 6.45) is 0.330. The van der Waals surface area contributed by atoms with E-state index in [0.717, 1.165) is 17.2 Å². The van der Waals surface area contributed by atoms with Gasteiger partial charge in [0.25, 0.3) is 0 Å². The predicted octanol–water partition coefficient (Wildman–Crippen LogP) is 2.08. The molecule has 0 aliphatic heterocycles. The molecule has 76 valence electrons. The number of carbonyl (C=O) groups excluding carboxylic acids is 1. The SMILES string of the molecule is COC(=O)N(C)c1cc(F)cnc1Cl. The van der Waals surface area contributed by atoms with Crippen LogP contribution in [0, 0.1) is 5.82 Å². The minimum Gasteiger partial charge on any atom is -0.452 e. The molecule has 1 aromatic heterocycles. The molecular formula is C8H8ClFN2O2. The first-order valence-electron chi connectivity index (χ1n) is 3.69. The Kier molecular flexibility index (Phi) is 3.24. The number of amides is 1. The highest BCUT2D eigenvalue weighted by Crippen LogP contribution is 2.23. The highest BCUT2D eigenvalue weighted by Gasteiger charge is 2.15. The maximum atomic E-state index is 12.8. The lowest BCUT2D eigenvalue weighted by Gasteiger charge is -2.15. The van der Waals surface area contributed by atoms with Gasteiger partial charge in [-0.1, -0.05) is 11.6 Å². The molecule has 1 aromatic rings. The summed E-state index contributed by atoms with van der Waals surface area (Å²) < 4.78 is 17.2. The normalized spacial score (nSPS) is 9.71. The highest BCUT2D eigenvalue weighted by molar-refractivity contribution is 6.32. The van der Waals surface area contributed by atoms with Gasteiger partial charge in [-0.25, -0.2) is 14.2 Å². The molecular weight excluding hydrogens is 211 g/mol. The highest BCUT2D eigenvalue weighted by atomic mass is 35.5. The van der Waals surface area contributed by atoms with Crippen molar-refractivity contribution in [3.63, 3.8) is 0 Å². The molecule has 0 radical (unpaired) electrons. The Morgan fingerprint density at radius 1 is 1.71 bits per heavy atom. The number of pyridine rings is 1. The Labute approximate surface area is 85.2 Å². The van der Waals surface area contributed by atoms with Crippen LogP contribution in [0.25, 0.3) is 0 Å². The van der Waals surface area contributed by atoms with Gasteiger partial charge in [-0.05, 0) is 0 Å². The van der Waals surface area contributed by atoms with Gasteiger partial charge in [0, 0.05) is 13.1 Å². The number of aromatic nitrogens is 1.